The van der Waals surface area contributed by atoms with E-state index >= 15 is 0 Å². The van der Waals surface area contributed by atoms with Gasteiger partial charge >= 0.3 is 0 Å². The summed E-state index contributed by atoms with van der Waals surface area (Å²) in [5.41, 5.74) is 1.29. The van der Waals surface area contributed by atoms with E-state index in [9.17, 15) is 13.2 Å². The molecule has 2 heterocycles. The lowest BCUT2D eigenvalue weighted by Gasteiger charge is -2.25. The van der Waals surface area contributed by atoms with E-state index in [1.807, 2.05) is 12.3 Å². The molecule has 1 aromatic carbocycles. The average Bonchev–Trinajstić information content (AvgIpc) is 3.06. The van der Waals surface area contributed by atoms with Gasteiger partial charge < -0.3 is 5.32 Å². The lowest BCUT2D eigenvalue weighted by molar-refractivity contribution is -0.111. The number of carbonyl (C=O) groups is 1. The molecule has 0 saturated carbocycles. The zero-order chi connectivity index (χ0) is 18.6. The molecule has 1 aliphatic rings. The van der Waals surface area contributed by atoms with Gasteiger partial charge in [-0.15, -0.1) is 11.3 Å². The molecule has 0 atom stereocenters. The van der Waals surface area contributed by atoms with E-state index < -0.39 is 10.0 Å². The van der Waals surface area contributed by atoms with Crippen molar-refractivity contribution in [2.75, 3.05) is 18.4 Å². The number of piperidine rings is 1. The van der Waals surface area contributed by atoms with E-state index in [-0.39, 0.29) is 10.8 Å². The molecule has 3 rings (SSSR count). The molecule has 0 aliphatic carbocycles. The van der Waals surface area contributed by atoms with Crippen LogP contribution in [0.25, 0.3) is 6.08 Å². The molecule has 1 N–H and O–H groups in total. The lowest BCUT2D eigenvalue weighted by atomic mass is 10.2. The highest BCUT2D eigenvalue weighted by Crippen LogP contribution is 2.22. The van der Waals surface area contributed by atoms with Crippen LogP contribution in [0.1, 0.15) is 30.0 Å². The summed E-state index contributed by atoms with van der Waals surface area (Å²) in [7, 11) is -3.45. The molecule has 26 heavy (non-hydrogen) atoms. The van der Waals surface area contributed by atoms with Crippen LogP contribution >= 0.6 is 11.3 Å². The fourth-order valence-electron chi connectivity index (χ4n) is 2.77. The first-order chi connectivity index (χ1) is 12.4. The second kappa shape index (κ2) is 8.11. The van der Waals surface area contributed by atoms with Gasteiger partial charge in [-0.3, -0.25) is 4.79 Å². The van der Waals surface area contributed by atoms with Crippen molar-refractivity contribution in [3.8, 4) is 0 Å². The van der Waals surface area contributed by atoms with Gasteiger partial charge in [-0.1, -0.05) is 6.42 Å². The Labute approximate surface area is 157 Å². The summed E-state index contributed by atoms with van der Waals surface area (Å²) in [5.74, 6) is -0.290. The minimum atomic E-state index is -3.45. The molecule has 1 aliphatic heterocycles. The fourth-order valence-corrected chi connectivity index (χ4v) is 4.86. The number of hydrogen-bond acceptors (Lipinski definition) is 5. The first-order valence-electron chi connectivity index (χ1n) is 8.46. The van der Waals surface area contributed by atoms with Crippen LogP contribution in [0.15, 0.2) is 40.6 Å². The maximum absolute atomic E-state index is 12.6. The normalized spacial score (nSPS) is 16.0. The maximum Gasteiger partial charge on any atom is 0.248 e. The van der Waals surface area contributed by atoms with Crippen LogP contribution in [0.4, 0.5) is 5.69 Å². The van der Waals surface area contributed by atoms with Crippen LogP contribution in [0.3, 0.4) is 0 Å². The molecule has 0 radical (unpaired) electrons. The molecular formula is C18H21N3O3S2. The van der Waals surface area contributed by atoms with Crippen molar-refractivity contribution in [3.63, 3.8) is 0 Å². The molecule has 2 aromatic rings. The van der Waals surface area contributed by atoms with E-state index in [1.165, 1.54) is 33.9 Å². The Hall–Kier alpha value is -2.03. The molecule has 0 spiro atoms. The Bertz CT molecular complexity index is 896. The number of aryl methyl sites for hydroxylation is 1. The average molecular weight is 392 g/mol. The smallest absolute Gasteiger partial charge is 0.248 e. The van der Waals surface area contributed by atoms with E-state index in [0.29, 0.717) is 18.8 Å². The minimum absolute atomic E-state index is 0.255. The standard InChI is InChI=1S/C18H21N3O3S2/c1-14-19-16(13-25-14)7-10-18(22)20-15-5-8-17(9-6-15)26(23,24)21-11-3-2-4-12-21/h5-10,13H,2-4,11-12H2,1H3,(H,20,22)/b10-7+. The number of thiazole rings is 1. The predicted molar refractivity (Wildman–Crippen MR) is 104 cm³/mol. The van der Waals surface area contributed by atoms with Crippen LogP contribution in [0.5, 0.6) is 0 Å². The second-order valence-electron chi connectivity index (χ2n) is 6.10. The highest BCUT2D eigenvalue weighted by Gasteiger charge is 2.25. The van der Waals surface area contributed by atoms with Gasteiger partial charge in [0.25, 0.3) is 0 Å². The number of anilines is 1. The second-order valence-corrected chi connectivity index (χ2v) is 9.10. The van der Waals surface area contributed by atoms with Crippen molar-refractivity contribution in [2.45, 2.75) is 31.1 Å². The van der Waals surface area contributed by atoms with E-state index in [4.69, 9.17) is 0 Å². The van der Waals surface area contributed by atoms with Gasteiger partial charge in [0, 0.05) is 30.2 Å². The number of carbonyl (C=O) groups excluding carboxylic acids is 1. The molecule has 138 valence electrons. The van der Waals surface area contributed by atoms with Crippen molar-refractivity contribution < 1.29 is 13.2 Å². The van der Waals surface area contributed by atoms with Crippen molar-refractivity contribution >= 4 is 39.0 Å². The summed E-state index contributed by atoms with van der Waals surface area (Å²) in [4.78, 5) is 16.5. The Balaban J connectivity index is 1.63. The number of rotatable bonds is 5. The lowest BCUT2D eigenvalue weighted by Crippen LogP contribution is -2.35. The molecule has 1 saturated heterocycles. The van der Waals surface area contributed by atoms with Crippen molar-refractivity contribution in [2.24, 2.45) is 0 Å². The zero-order valence-electron chi connectivity index (χ0n) is 14.5. The van der Waals surface area contributed by atoms with Crippen molar-refractivity contribution in [1.82, 2.24) is 9.29 Å². The minimum Gasteiger partial charge on any atom is -0.323 e. The summed E-state index contributed by atoms with van der Waals surface area (Å²) in [6.07, 6.45) is 5.93. The Morgan fingerprint density at radius 1 is 1.19 bits per heavy atom. The van der Waals surface area contributed by atoms with Crippen LogP contribution in [-0.4, -0.2) is 36.7 Å². The quantitative estimate of drug-likeness (QED) is 0.794. The summed E-state index contributed by atoms with van der Waals surface area (Å²) in [5, 5.41) is 5.53. The van der Waals surface area contributed by atoms with Gasteiger partial charge in [0.15, 0.2) is 0 Å². The molecule has 0 bridgehead atoms. The third-order valence-corrected chi connectivity index (χ3v) is 6.82. The van der Waals surface area contributed by atoms with Crippen LogP contribution in [0.2, 0.25) is 0 Å². The first kappa shape index (κ1) is 18.8. The van der Waals surface area contributed by atoms with Crippen molar-refractivity contribution in [3.05, 3.63) is 46.4 Å². The molecule has 1 fully saturated rings. The number of hydrogen-bond donors (Lipinski definition) is 1. The molecular weight excluding hydrogens is 370 g/mol. The molecule has 1 aromatic heterocycles. The largest absolute Gasteiger partial charge is 0.323 e. The Kier molecular flexibility index (Phi) is 5.85. The SMILES string of the molecule is Cc1nc(/C=C/C(=O)Nc2ccc(S(=O)(=O)N3CCCCC3)cc2)cs1. The summed E-state index contributed by atoms with van der Waals surface area (Å²) in [6, 6.07) is 6.28. The number of nitrogens with zero attached hydrogens (tertiary/aromatic N) is 2. The highest BCUT2D eigenvalue weighted by molar-refractivity contribution is 7.89. The third kappa shape index (κ3) is 4.57. The van der Waals surface area contributed by atoms with Gasteiger partial charge in [0.1, 0.15) is 0 Å². The number of nitrogens with one attached hydrogen (secondary N) is 1. The third-order valence-electron chi connectivity index (χ3n) is 4.12. The van der Waals surface area contributed by atoms with Gasteiger partial charge in [-0.25, -0.2) is 13.4 Å². The van der Waals surface area contributed by atoms with E-state index in [2.05, 4.69) is 10.3 Å². The van der Waals surface area contributed by atoms with Crippen LogP contribution in [-0.2, 0) is 14.8 Å². The monoisotopic (exact) mass is 391 g/mol. The summed E-state index contributed by atoms with van der Waals surface area (Å²) >= 11 is 1.52. The predicted octanol–water partition coefficient (Wildman–Crippen LogP) is 3.28. The zero-order valence-corrected chi connectivity index (χ0v) is 16.1. The molecule has 0 unspecified atom stereocenters. The fraction of sp³-hybridized carbons (Fsp3) is 0.333. The van der Waals surface area contributed by atoms with Crippen LogP contribution in [0, 0.1) is 6.92 Å². The number of benzene rings is 1. The maximum atomic E-state index is 12.6. The van der Waals surface area contributed by atoms with E-state index in [0.717, 1.165) is 30.0 Å². The van der Waals surface area contributed by atoms with Crippen LogP contribution < -0.4 is 5.32 Å². The summed E-state index contributed by atoms with van der Waals surface area (Å²) in [6.45, 7) is 3.05. The van der Waals surface area contributed by atoms with Gasteiger partial charge in [-0.05, 0) is 50.1 Å². The number of sulfonamides is 1. The Morgan fingerprint density at radius 2 is 1.88 bits per heavy atom. The van der Waals surface area contributed by atoms with Gasteiger partial charge in [0.2, 0.25) is 15.9 Å². The molecule has 6 nitrogen and oxygen atoms in total. The summed E-state index contributed by atoms with van der Waals surface area (Å²) < 4.78 is 26.7. The highest BCUT2D eigenvalue weighted by atomic mass is 32.2. The Morgan fingerprint density at radius 3 is 2.50 bits per heavy atom. The number of amides is 1. The van der Waals surface area contributed by atoms with Gasteiger partial charge in [-0.2, -0.15) is 4.31 Å². The topological polar surface area (TPSA) is 79.4 Å². The van der Waals surface area contributed by atoms with E-state index in [1.54, 1.807) is 18.2 Å². The molecule has 1 amide bonds. The van der Waals surface area contributed by atoms with Crippen molar-refractivity contribution in [1.29, 1.82) is 0 Å². The number of aromatic nitrogens is 1. The first-order valence-corrected chi connectivity index (χ1v) is 10.8. The molecule has 8 heteroatoms. The van der Waals surface area contributed by atoms with Gasteiger partial charge in [0.05, 0.1) is 15.6 Å².